The smallest absolute Gasteiger partial charge is 0.412 e. The second-order valence-electron chi connectivity index (χ2n) is 6.27. The third kappa shape index (κ3) is 6.41. The number of carbonyl (C=O) groups excluding carboxylic acids is 2. The van der Waals surface area contributed by atoms with Crippen LogP contribution in [0.3, 0.4) is 0 Å². The van der Waals surface area contributed by atoms with Gasteiger partial charge >= 0.3 is 12.1 Å². The van der Waals surface area contributed by atoms with Gasteiger partial charge in [-0.15, -0.1) is 10.2 Å². The summed E-state index contributed by atoms with van der Waals surface area (Å²) in [5.74, 6) is -1.15. The predicted molar refractivity (Wildman–Crippen MR) is 117 cm³/mol. The molecule has 0 spiro atoms. The summed E-state index contributed by atoms with van der Waals surface area (Å²) < 4.78 is 15.4. The minimum Gasteiger partial charge on any atom is -0.434 e. The van der Waals surface area contributed by atoms with Crippen molar-refractivity contribution in [2.24, 2.45) is 10.8 Å². The van der Waals surface area contributed by atoms with Crippen molar-refractivity contribution in [2.75, 3.05) is 25.2 Å². The van der Waals surface area contributed by atoms with Gasteiger partial charge in [0.05, 0.1) is 35.0 Å². The number of nitriles is 1. The Morgan fingerprint density at radius 1 is 1.27 bits per heavy atom. The van der Waals surface area contributed by atoms with Gasteiger partial charge < -0.3 is 25.3 Å². The molecule has 1 atom stereocenters. The second kappa shape index (κ2) is 11.1. The van der Waals surface area contributed by atoms with E-state index in [0.29, 0.717) is 25.3 Å². The number of nitrogens with one attached hydrogen (secondary N) is 2. The molecule has 1 aliphatic rings. The number of amides is 1. The van der Waals surface area contributed by atoms with Gasteiger partial charge in [0.15, 0.2) is 10.9 Å². The lowest BCUT2D eigenvalue weighted by atomic mass is 10.1. The van der Waals surface area contributed by atoms with E-state index in [1.54, 1.807) is 6.07 Å². The van der Waals surface area contributed by atoms with E-state index in [4.69, 9.17) is 55.3 Å². The van der Waals surface area contributed by atoms with Gasteiger partial charge in [-0.25, -0.2) is 9.59 Å². The molecule has 2 aromatic rings. The maximum absolute atomic E-state index is 11.6. The number of nitrogens with zero attached hydrogens (tertiary/aromatic N) is 4. The van der Waals surface area contributed by atoms with E-state index in [1.807, 2.05) is 0 Å². The standard InChI is InChI=1S/C18H14Cl3N7O5/c19-10-3-8(25-26-12(6-22)17(29)33-18(23)30)4-11(20)15(10)32-16-9(5-14(21)27-28-16)13-7-31-2-1-24-13/h3-5,13,24-25H,1-2,7H2,(H2,23,30). The average Bonchev–Trinajstić information content (AvgIpc) is 2.77. The predicted octanol–water partition coefficient (Wildman–Crippen LogP) is 2.80. The molecule has 4 N–H and O–H groups in total. The number of ether oxygens (including phenoxy) is 3. The molecule has 1 aliphatic heterocycles. The fourth-order valence-electron chi connectivity index (χ4n) is 2.66. The largest absolute Gasteiger partial charge is 0.434 e. The third-order valence-corrected chi connectivity index (χ3v) is 4.79. The molecule has 1 saturated heterocycles. The molecule has 1 amide bonds. The number of aromatic nitrogens is 2. The van der Waals surface area contributed by atoms with Crippen LogP contribution in [0, 0.1) is 11.3 Å². The summed E-state index contributed by atoms with van der Waals surface area (Å²) in [5.41, 5.74) is 7.18. The molecular weight excluding hydrogens is 501 g/mol. The molecule has 2 heterocycles. The number of hydrogen-bond donors (Lipinski definition) is 3. The molecule has 33 heavy (non-hydrogen) atoms. The first kappa shape index (κ1) is 24.4. The molecule has 3 rings (SSSR count). The van der Waals surface area contributed by atoms with E-state index >= 15 is 0 Å². The number of nitrogens with two attached hydrogens (primary N) is 1. The maximum atomic E-state index is 11.6. The molecule has 172 valence electrons. The van der Waals surface area contributed by atoms with Crippen molar-refractivity contribution in [1.29, 1.82) is 5.26 Å². The molecule has 1 aromatic heterocycles. The summed E-state index contributed by atoms with van der Waals surface area (Å²) in [4.78, 5) is 22.2. The van der Waals surface area contributed by atoms with Gasteiger partial charge in [0.2, 0.25) is 11.6 Å². The molecule has 15 heteroatoms. The number of primary amides is 1. The zero-order chi connectivity index (χ0) is 24.0. The molecule has 0 bridgehead atoms. The first-order valence-corrected chi connectivity index (χ1v) is 10.2. The van der Waals surface area contributed by atoms with Crippen molar-refractivity contribution < 1.29 is 23.8 Å². The zero-order valence-electron chi connectivity index (χ0n) is 16.5. The van der Waals surface area contributed by atoms with Crippen LogP contribution >= 0.6 is 34.8 Å². The Labute approximate surface area is 201 Å². The second-order valence-corrected chi connectivity index (χ2v) is 7.47. The van der Waals surface area contributed by atoms with Crippen molar-refractivity contribution in [3.05, 3.63) is 39.0 Å². The minimum absolute atomic E-state index is 0.0500. The van der Waals surface area contributed by atoms with Crippen molar-refractivity contribution in [3.8, 4) is 17.7 Å². The maximum Gasteiger partial charge on any atom is 0.412 e. The SMILES string of the molecule is N#CC(=NNc1cc(Cl)c(Oc2nnc(Cl)cc2C2COCCN2)c(Cl)c1)C(=O)OC(N)=O. The van der Waals surface area contributed by atoms with Crippen LogP contribution in [0.5, 0.6) is 11.6 Å². The number of hydrazone groups is 1. The van der Waals surface area contributed by atoms with Crippen molar-refractivity contribution in [1.82, 2.24) is 15.5 Å². The van der Waals surface area contributed by atoms with E-state index in [1.165, 1.54) is 18.2 Å². The van der Waals surface area contributed by atoms with Crippen LogP contribution in [0.1, 0.15) is 11.6 Å². The molecule has 0 radical (unpaired) electrons. The normalized spacial score (nSPS) is 15.9. The lowest BCUT2D eigenvalue weighted by Crippen LogP contribution is -2.34. The Morgan fingerprint density at radius 3 is 2.61 bits per heavy atom. The number of morpholine rings is 1. The zero-order valence-corrected chi connectivity index (χ0v) is 18.7. The highest BCUT2D eigenvalue weighted by Gasteiger charge is 2.23. The first-order valence-electron chi connectivity index (χ1n) is 9.05. The van der Waals surface area contributed by atoms with Gasteiger partial charge in [-0.1, -0.05) is 34.8 Å². The number of hydrogen-bond acceptors (Lipinski definition) is 11. The van der Waals surface area contributed by atoms with Gasteiger partial charge in [0.1, 0.15) is 6.07 Å². The van der Waals surface area contributed by atoms with E-state index in [0.717, 1.165) is 0 Å². The molecule has 1 unspecified atom stereocenters. The van der Waals surface area contributed by atoms with Gasteiger partial charge in [-0.3, -0.25) is 5.43 Å². The Morgan fingerprint density at radius 2 is 2.00 bits per heavy atom. The van der Waals surface area contributed by atoms with Crippen molar-refractivity contribution in [2.45, 2.75) is 6.04 Å². The number of anilines is 1. The Bertz CT molecular complexity index is 1130. The lowest BCUT2D eigenvalue weighted by Gasteiger charge is -2.25. The summed E-state index contributed by atoms with van der Waals surface area (Å²) in [6, 6.07) is 5.56. The lowest BCUT2D eigenvalue weighted by molar-refractivity contribution is -0.129. The number of benzene rings is 1. The van der Waals surface area contributed by atoms with Crippen LogP contribution in [0.15, 0.2) is 23.3 Å². The molecule has 0 aliphatic carbocycles. The first-order chi connectivity index (χ1) is 15.8. The fourth-order valence-corrected chi connectivity index (χ4v) is 3.38. The van der Waals surface area contributed by atoms with E-state index in [-0.39, 0.29) is 38.6 Å². The van der Waals surface area contributed by atoms with E-state index in [9.17, 15) is 9.59 Å². The van der Waals surface area contributed by atoms with Crippen LogP contribution in [0.4, 0.5) is 10.5 Å². The van der Waals surface area contributed by atoms with Crippen LogP contribution in [-0.4, -0.2) is 47.7 Å². The molecule has 1 fully saturated rings. The summed E-state index contributed by atoms with van der Waals surface area (Å²) in [6.45, 7) is 1.57. The Hall–Kier alpha value is -3.21. The van der Waals surface area contributed by atoms with Crippen LogP contribution in [0.2, 0.25) is 15.2 Å². The van der Waals surface area contributed by atoms with Crippen molar-refractivity contribution in [3.63, 3.8) is 0 Å². The number of esters is 1. The number of halogens is 3. The highest BCUT2D eigenvalue weighted by molar-refractivity contribution is 6.44. The average molecular weight is 515 g/mol. The topological polar surface area (TPSA) is 174 Å². The quantitative estimate of drug-likeness (QED) is 0.225. The van der Waals surface area contributed by atoms with Crippen LogP contribution in [0.25, 0.3) is 0 Å². The third-order valence-electron chi connectivity index (χ3n) is 4.04. The van der Waals surface area contributed by atoms with Crippen molar-refractivity contribution >= 4 is 58.3 Å². The minimum atomic E-state index is -1.38. The van der Waals surface area contributed by atoms with Gasteiger partial charge in [0.25, 0.3) is 0 Å². The number of carbonyl (C=O) groups is 2. The number of rotatable bonds is 6. The fraction of sp³-hybridized carbons (Fsp3) is 0.222. The summed E-state index contributed by atoms with van der Waals surface area (Å²) in [6.07, 6.45) is -1.38. The molecule has 1 aromatic carbocycles. The monoisotopic (exact) mass is 513 g/mol. The summed E-state index contributed by atoms with van der Waals surface area (Å²) >= 11 is 18.6. The highest BCUT2D eigenvalue weighted by Crippen LogP contribution is 2.40. The van der Waals surface area contributed by atoms with Gasteiger partial charge in [0, 0.05) is 12.1 Å². The van der Waals surface area contributed by atoms with Crippen LogP contribution in [-0.2, 0) is 14.3 Å². The Balaban J connectivity index is 1.83. The van der Waals surface area contributed by atoms with Gasteiger partial charge in [-0.05, 0) is 18.2 Å². The van der Waals surface area contributed by atoms with Crippen LogP contribution < -0.4 is 21.2 Å². The Kier molecular flexibility index (Phi) is 8.21. The molecule has 0 saturated carbocycles. The summed E-state index contributed by atoms with van der Waals surface area (Å²) in [7, 11) is 0. The highest BCUT2D eigenvalue weighted by atomic mass is 35.5. The van der Waals surface area contributed by atoms with E-state index < -0.39 is 17.8 Å². The molecule has 12 nitrogen and oxygen atoms in total. The van der Waals surface area contributed by atoms with Gasteiger partial charge in [-0.2, -0.15) is 10.4 Å². The van der Waals surface area contributed by atoms with E-state index in [2.05, 4.69) is 30.8 Å². The summed E-state index contributed by atoms with van der Waals surface area (Å²) in [5, 5.41) is 23.9. The molecular formula is C18H14Cl3N7O5.